The number of aryl methyl sites for hydroxylation is 2. The fourth-order valence-electron chi connectivity index (χ4n) is 3.30. The first-order valence-electron chi connectivity index (χ1n) is 8.50. The number of hydrogen-bond donors (Lipinski definition) is 1. The number of thiophene rings is 1. The van der Waals surface area contributed by atoms with Crippen LogP contribution in [0, 0.1) is 12.8 Å². The van der Waals surface area contributed by atoms with E-state index in [-0.39, 0.29) is 5.91 Å². The molecule has 24 heavy (non-hydrogen) atoms. The van der Waals surface area contributed by atoms with Crippen molar-refractivity contribution in [3.05, 3.63) is 16.6 Å². The predicted molar refractivity (Wildman–Crippen MR) is 96.7 cm³/mol. The maximum absolute atomic E-state index is 12.6. The second-order valence-corrected chi connectivity index (χ2v) is 7.74. The highest BCUT2D eigenvalue weighted by Crippen LogP contribution is 2.27. The van der Waals surface area contributed by atoms with E-state index < -0.39 is 0 Å². The van der Waals surface area contributed by atoms with Crippen molar-refractivity contribution in [2.24, 2.45) is 13.0 Å². The highest BCUT2D eigenvalue weighted by Gasteiger charge is 2.25. The van der Waals surface area contributed by atoms with E-state index in [0.717, 1.165) is 47.1 Å². The Bertz CT molecular complexity index is 681. The van der Waals surface area contributed by atoms with Crippen molar-refractivity contribution in [3.8, 4) is 0 Å². The molecule has 1 unspecified atom stereocenters. The summed E-state index contributed by atoms with van der Waals surface area (Å²) in [5, 5.41) is 8.58. The minimum absolute atomic E-state index is 0.00881. The standard InChI is InChI=1S/C17H26N4O2S/c1-11(2)14(21-5-7-23-8-6-21)10-18-16(22)15-9-13-12(3)19-20(4)17(13)24-15/h9,11,14H,5-8,10H2,1-4H3,(H,18,22). The molecule has 2 aromatic heterocycles. The molecule has 2 aromatic rings. The van der Waals surface area contributed by atoms with Crippen molar-refractivity contribution in [3.63, 3.8) is 0 Å². The van der Waals surface area contributed by atoms with Gasteiger partial charge in [0.05, 0.1) is 23.8 Å². The van der Waals surface area contributed by atoms with Crippen LogP contribution in [0.5, 0.6) is 0 Å². The number of fused-ring (bicyclic) bond motifs is 1. The lowest BCUT2D eigenvalue weighted by molar-refractivity contribution is 0.00674. The minimum atomic E-state index is 0.00881. The number of nitrogens with one attached hydrogen (secondary N) is 1. The number of nitrogens with zero attached hydrogens (tertiary/aromatic N) is 3. The van der Waals surface area contributed by atoms with Crippen LogP contribution in [0.15, 0.2) is 6.07 Å². The number of carbonyl (C=O) groups is 1. The second kappa shape index (κ2) is 7.21. The first-order valence-corrected chi connectivity index (χ1v) is 9.32. The number of morpholine rings is 1. The Morgan fingerprint density at radius 1 is 1.42 bits per heavy atom. The highest BCUT2D eigenvalue weighted by atomic mass is 32.1. The van der Waals surface area contributed by atoms with Crippen LogP contribution in [-0.4, -0.2) is 59.5 Å². The van der Waals surface area contributed by atoms with Gasteiger partial charge in [-0.05, 0) is 18.9 Å². The predicted octanol–water partition coefficient (Wildman–Crippen LogP) is 2.03. The van der Waals surface area contributed by atoms with Crippen molar-refractivity contribution in [1.29, 1.82) is 0 Å². The monoisotopic (exact) mass is 350 g/mol. The van der Waals surface area contributed by atoms with E-state index in [4.69, 9.17) is 4.74 Å². The van der Waals surface area contributed by atoms with E-state index in [1.54, 1.807) is 0 Å². The summed E-state index contributed by atoms with van der Waals surface area (Å²) in [5.41, 5.74) is 0.969. The molecule has 7 heteroatoms. The molecule has 0 spiro atoms. The van der Waals surface area contributed by atoms with Gasteiger partial charge in [-0.25, -0.2) is 0 Å². The summed E-state index contributed by atoms with van der Waals surface area (Å²) in [6.07, 6.45) is 0. The molecule has 1 atom stereocenters. The van der Waals surface area contributed by atoms with Crippen molar-refractivity contribution in [2.45, 2.75) is 26.8 Å². The van der Waals surface area contributed by atoms with Gasteiger partial charge in [-0.3, -0.25) is 14.4 Å². The molecule has 1 fully saturated rings. The Morgan fingerprint density at radius 3 is 2.75 bits per heavy atom. The lowest BCUT2D eigenvalue weighted by Gasteiger charge is -2.36. The van der Waals surface area contributed by atoms with E-state index in [2.05, 4.69) is 29.2 Å². The number of aromatic nitrogens is 2. The van der Waals surface area contributed by atoms with Crippen molar-refractivity contribution < 1.29 is 9.53 Å². The molecule has 3 rings (SSSR count). The molecule has 1 aliphatic heterocycles. The number of amides is 1. The molecule has 1 saturated heterocycles. The molecule has 0 saturated carbocycles. The third-order valence-corrected chi connectivity index (χ3v) is 5.88. The SMILES string of the molecule is Cc1nn(C)c2sc(C(=O)NCC(C(C)C)N3CCOCC3)cc12. The van der Waals surface area contributed by atoms with E-state index in [9.17, 15) is 4.79 Å². The molecule has 132 valence electrons. The molecule has 0 radical (unpaired) electrons. The van der Waals surface area contributed by atoms with Gasteiger partial charge in [0.15, 0.2) is 0 Å². The van der Waals surface area contributed by atoms with Gasteiger partial charge in [-0.2, -0.15) is 5.10 Å². The lowest BCUT2D eigenvalue weighted by Crippen LogP contribution is -2.51. The zero-order chi connectivity index (χ0) is 17.3. The molecule has 0 aromatic carbocycles. The number of ether oxygens (including phenoxy) is 1. The van der Waals surface area contributed by atoms with E-state index in [1.165, 1.54) is 11.3 Å². The quantitative estimate of drug-likeness (QED) is 0.896. The van der Waals surface area contributed by atoms with Crippen molar-refractivity contribution >= 4 is 27.5 Å². The normalized spacial score (nSPS) is 17.5. The fourth-order valence-corrected chi connectivity index (χ4v) is 4.34. The molecule has 1 aliphatic rings. The van der Waals surface area contributed by atoms with Gasteiger partial charge in [0, 0.05) is 38.1 Å². The first kappa shape index (κ1) is 17.4. The van der Waals surface area contributed by atoms with Crippen molar-refractivity contribution in [2.75, 3.05) is 32.8 Å². The van der Waals surface area contributed by atoms with Gasteiger partial charge in [0.2, 0.25) is 0 Å². The average molecular weight is 350 g/mol. The number of hydrogen-bond acceptors (Lipinski definition) is 5. The summed E-state index contributed by atoms with van der Waals surface area (Å²) in [5.74, 6) is 0.492. The van der Waals surface area contributed by atoms with Crippen LogP contribution in [0.4, 0.5) is 0 Å². The van der Waals surface area contributed by atoms with Crippen LogP contribution in [0.1, 0.15) is 29.2 Å². The van der Waals surface area contributed by atoms with Crippen LogP contribution in [0.25, 0.3) is 10.2 Å². The van der Waals surface area contributed by atoms with Crippen LogP contribution < -0.4 is 5.32 Å². The smallest absolute Gasteiger partial charge is 0.261 e. The second-order valence-electron chi connectivity index (χ2n) is 6.71. The van der Waals surface area contributed by atoms with Gasteiger partial charge < -0.3 is 10.1 Å². The molecular weight excluding hydrogens is 324 g/mol. The minimum Gasteiger partial charge on any atom is -0.379 e. The van der Waals surface area contributed by atoms with Gasteiger partial charge in [0.25, 0.3) is 5.91 Å². The summed E-state index contributed by atoms with van der Waals surface area (Å²) in [4.78, 5) is 16.8. The summed E-state index contributed by atoms with van der Waals surface area (Å²) >= 11 is 1.50. The summed E-state index contributed by atoms with van der Waals surface area (Å²) in [6.45, 7) is 10.5. The van der Waals surface area contributed by atoms with Gasteiger partial charge in [-0.15, -0.1) is 11.3 Å². The van der Waals surface area contributed by atoms with Crippen LogP contribution in [0.2, 0.25) is 0 Å². The largest absolute Gasteiger partial charge is 0.379 e. The molecule has 3 heterocycles. The lowest BCUT2D eigenvalue weighted by atomic mass is 10.0. The summed E-state index contributed by atoms with van der Waals surface area (Å²) < 4.78 is 7.28. The zero-order valence-corrected chi connectivity index (χ0v) is 15.7. The number of carbonyl (C=O) groups excluding carboxylic acids is 1. The molecule has 0 bridgehead atoms. The van der Waals surface area contributed by atoms with Gasteiger partial charge >= 0.3 is 0 Å². The Labute approximate surface area is 146 Å². The van der Waals surface area contributed by atoms with E-state index >= 15 is 0 Å². The Morgan fingerprint density at radius 2 is 2.12 bits per heavy atom. The van der Waals surface area contributed by atoms with Gasteiger partial charge in [-0.1, -0.05) is 13.8 Å². The molecular formula is C17H26N4O2S. The first-order chi connectivity index (χ1) is 11.5. The molecule has 0 aliphatic carbocycles. The highest BCUT2D eigenvalue weighted by molar-refractivity contribution is 7.20. The summed E-state index contributed by atoms with van der Waals surface area (Å²) in [7, 11) is 1.92. The molecule has 6 nitrogen and oxygen atoms in total. The average Bonchev–Trinajstić information content (AvgIpc) is 3.10. The van der Waals surface area contributed by atoms with E-state index in [0.29, 0.717) is 18.5 Å². The Kier molecular flexibility index (Phi) is 5.22. The Hall–Kier alpha value is -1.44. The maximum Gasteiger partial charge on any atom is 0.261 e. The topological polar surface area (TPSA) is 59.4 Å². The molecule has 1 amide bonds. The molecule has 1 N–H and O–H groups in total. The van der Waals surface area contributed by atoms with Crippen LogP contribution >= 0.6 is 11.3 Å². The third kappa shape index (κ3) is 3.48. The van der Waals surface area contributed by atoms with Gasteiger partial charge in [0.1, 0.15) is 4.83 Å². The van der Waals surface area contributed by atoms with Crippen molar-refractivity contribution in [1.82, 2.24) is 20.0 Å². The summed E-state index contributed by atoms with van der Waals surface area (Å²) in [6, 6.07) is 2.30. The zero-order valence-electron chi connectivity index (χ0n) is 14.8. The fraction of sp³-hybridized carbons (Fsp3) is 0.647. The van der Waals surface area contributed by atoms with E-state index in [1.807, 2.05) is 24.7 Å². The van der Waals surface area contributed by atoms with Crippen LogP contribution in [-0.2, 0) is 11.8 Å². The number of rotatable bonds is 5. The maximum atomic E-state index is 12.6. The third-order valence-electron chi connectivity index (χ3n) is 4.68. The Balaban J connectivity index is 1.67. The van der Waals surface area contributed by atoms with Crippen LogP contribution in [0.3, 0.4) is 0 Å².